The standard InChI is InChI=1S/C19H16F3N3O/c1-12-3-5-14(6-4-12)18(26)23-15-7-9-16(10-8-15)25-17(19(20,21)22)11-13(2)24-25/h3-11H,1-2H3,(H,23,26). The van der Waals surface area contributed by atoms with E-state index in [0.29, 0.717) is 11.3 Å². The molecule has 0 atom stereocenters. The Labute approximate surface area is 148 Å². The molecule has 0 bridgehead atoms. The van der Waals surface area contributed by atoms with Crippen LogP contribution in [-0.2, 0) is 6.18 Å². The van der Waals surface area contributed by atoms with Gasteiger partial charge in [0.25, 0.3) is 5.91 Å². The number of carbonyl (C=O) groups is 1. The van der Waals surface area contributed by atoms with Gasteiger partial charge in [-0.1, -0.05) is 17.7 Å². The number of hydrogen-bond acceptors (Lipinski definition) is 2. The van der Waals surface area contributed by atoms with Crippen molar-refractivity contribution < 1.29 is 18.0 Å². The second-order valence-corrected chi connectivity index (χ2v) is 5.95. The van der Waals surface area contributed by atoms with Gasteiger partial charge < -0.3 is 5.32 Å². The zero-order valence-electron chi connectivity index (χ0n) is 14.1. The summed E-state index contributed by atoms with van der Waals surface area (Å²) in [7, 11) is 0. The summed E-state index contributed by atoms with van der Waals surface area (Å²) >= 11 is 0. The van der Waals surface area contributed by atoms with E-state index in [1.54, 1.807) is 24.3 Å². The number of nitrogens with one attached hydrogen (secondary N) is 1. The SMILES string of the molecule is Cc1ccc(C(=O)Nc2ccc(-n3nc(C)cc3C(F)(F)F)cc2)cc1. The number of rotatable bonds is 3. The van der Waals surface area contributed by atoms with E-state index in [1.807, 2.05) is 19.1 Å². The van der Waals surface area contributed by atoms with Gasteiger partial charge in [0.15, 0.2) is 0 Å². The Morgan fingerprint density at radius 1 is 1.00 bits per heavy atom. The fourth-order valence-corrected chi connectivity index (χ4v) is 2.49. The summed E-state index contributed by atoms with van der Waals surface area (Å²) in [6.07, 6.45) is -4.50. The lowest BCUT2D eigenvalue weighted by molar-refractivity contribution is -0.142. The highest BCUT2D eigenvalue weighted by Crippen LogP contribution is 2.31. The second kappa shape index (κ2) is 6.67. The minimum Gasteiger partial charge on any atom is -0.322 e. The van der Waals surface area contributed by atoms with Crippen LogP contribution in [0.4, 0.5) is 18.9 Å². The number of benzene rings is 2. The van der Waals surface area contributed by atoms with E-state index in [1.165, 1.54) is 19.1 Å². The first-order valence-electron chi connectivity index (χ1n) is 7.86. The van der Waals surface area contributed by atoms with Gasteiger partial charge in [-0.15, -0.1) is 0 Å². The van der Waals surface area contributed by atoms with Crippen molar-refractivity contribution >= 4 is 11.6 Å². The summed E-state index contributed by atoms with van der Waals surface area (Å²) in [4.78, 5) is 12.2. The fourth-order valence-electron chi connectivity index (χ4n) is 2.49. The van der Waals surface area contributed by atoms with Crippen molar-refractivity contribution in [2.24, 2.45) is 0 Å². The molecule has 0 aliphatic rings. The lowest BCUT2D eigenvalue weighted by atomic mass is 10.1. The monoisotopic (exact) mass is 359 g/mol. The number of anilines is 1. The zero-order chi connectivity index (χ0) is 18.9. The molecule has 26 heavy (non-hydrogen) atoms. The number of aromatic nitrogens is 2. The average molecular weight is 359 g/mol. The van der Waals surface area contributed by atoms with Crippen molar-refractivity contribution in [1.29, 1.82) is 0 Å². The zero-order valence-corrected chi connectivity index (χ0v) is 14.1. The average Bonchev–Trinajstić information content (AvgIpc) is 2.98. The molecule has 0 radical (unpaired) electrons. The number of aryl methyl sites for hydroxylation is 2. The molecule has 3 aromatic rings. The third-order valence-corrected chi connectivity index (χ3v) is 3.81. The molecule has 7 heteroatoms. The topological polar surface area (TPSA) is 46.9 Å². The van der Waals surface area contributed by atoms with Crippen LogP contribution in [0, 0.1) is 13.8 Å². The summed E-state index contributed by atoms with van der Waals surface area (Å²) in [5.41, 5.74) is 1.72. The molecule has 3 rings (SSSR count). The summed E-state index contributed by atoms with van der Waals surface area (Å²) < 4.78 is 40.1. The third-order valence-electron chi connectivity index (χ3n) is 3.81. The quantitative estimate of drug-likeness (QED) is 0.733. The van der Waals surface area contributed by atoms with Gasteiger partial charge >= 0.3 is 6.18 Å². The van der Waals surface area contributed by atoms with Gasteiger partial charge in [0.05, 0.1) is 11.4 Å². The van der Waals surface area contributed by atoms with Crippen LogP contribution in [0.5, 0.6) is 0 Å². The van der Waals surface area contributed by atoms with Crippen LogP contribution in [0.1, 0.15) is 27.3 Å². The fraction of sp³-hybridized carbons (Fsp3) is 0.158. The van der Waals surface area contributed by atoms with Crippen molar-refractivity contribution in [3.05, 3.63) is 77.1 Å². The normalized spacial score (nSPS) is 11.4. The first-order valence-corrected chi connectivity index (χ1v) is 7.86. The van der Waals surface area contributed by atoms with E-state index >= 15 is 0 Å². The Hall–Kier alpha value is -3.09. The maximum absolute atomic E-state index is 13.1. The Bertz CT molecular complexity index is 926. The highest BCUT2D eigenvalue weighted by Gasteiger charge is 2.35. The first-order chi connectivity index (χ1) is 12.2. The summed E-state index contributed by atoms with van der Waals surface area (Å²) in [5.74, 6) is -0.288. The van der Waals surface area contributed by atoms with Gasteiger partial charge in [0.2, 0.25) is 0 Å². The minimum atomic E-state index is -4.50. The van der Waals surface area contributed by atoms with E-state index in [0.717, 1.165) is 16.3 Å². The van der Waals surface area contributed by atoms with Crippen LogP contribution in [0.15, 0.2) is 54.6 Å². The molecule has 0 aliphatic heterocycles. The van der Waals surface area contributed by atoms with Gasteiger partial charge in [-0.25, -0.2) is 4.68 Å². The van der Waals surface area contributed by atoms with Gasteiger partial charge in [0, 0.05) is 11.3 Å². The highest BCUT2D eigenvalue weighted by atomic mass is 19.4. The molecule has 0 fully saturated rings. The van der Waals surface area contributed by atoms with Crippen LogP contribution < -0.4 is 5.32 Å². The predicted octanol–water partition coefficient (Wildman–Crippen LogP) is 4.76. The lowest BCUT2D eigenvalue weighted by Crippen LogP contribution is -2.14. The molecule has 2 aromatic carbocycles. The van der Waals surface area contributed by atoms with E-state index in [9.17, 15) is 18.0 Å². The van der Waals surface area contributed by atoms with Gasteiger partial charge in [-0.05, 0) is 56.3 Å². The first kappa shape index (κ1) is 17.7. The number of halogens is 3. The van der Waals surface area contributed by atoms with Crippen LogP contribution >= 0.6 is 0 Å². The predicted molar refractivity (Wildman–Crippen MR) is 92.4 cm³/mol. The molecule has 0 saturated heterocycles. The van der Waals surface area contributed by atoms with Crippen LogP contribution in [0.25, 0.3) is 5.69 Å². The van der Waals surface area contributed by atoms with Crippen molar-refractivity contribution in [3.63, 3.8) is 0 Å². The molecule has 0 spiro atoms. The maximum atomic E-state index is 13.1. The molecule has 134 valence electrons. The smallest absolute Gasteiger partial charge is 0.322 e. The molecular weight excluding hydrogens is 343 g/mol. The van der Waals surface area contributed by atoms with Gasteiger partial charge in [0.1, 0.15) is 5.69 Å². The molecule has 0 unspecified atom stereocenters. The summed E-state index contributed by atoms with van der Waals surface area (Å²) in [5, 5.41) is 6.62. The molecule has 0 saturated carbocycles. The number of amides is 1. The van der Waals surface area contributed by atoms with E-state index < -0.39 is 11.9 Å². The second-order valence-electron chi connectivity index (χ2n) is 5.95. The maximum Gasteiger partial charge on any atom is 0.433 e. The molecule has 1 aromatic heterocycles. The van der Waals surface area contributed by atoms with Crippen LogP contribution in [0.3, 0.4) is 0 Å². The highest BCUT2D eigenvalue weighted by molar-refractivity contribution is 6.04. The number of nitrogens with zero attached hydrogens (tertiary/aromatic N) is 2. The largest absolute Gasteiger partial charge is 0.433 e. The van der Waals surface area contributed by atoms with Gasteiger partial charge in [-0.3, -0.25) is 4.79 Å². The van der Waals surface area contributed by atoms with Gasteiger partial charge in [-0.2, -0.15) is 18.3 Å². The van der Waals surface area contributed by atoms with Crippen LogP contribution in [-0.4, -0.2) is 15.7 Å². The summed E-state index contributed by atoms with van der Waals surface area (Å²) in [6.45, 7) is 3.43. The Balaban J connectivity index is 1.81. The molecule has 0 aliphatic carbocycles. The molecular formula is C19H16F3N3O. The third kappa shape index (κ3) is 3.77. The number of carbonyl (C=O) groups excluding carboxylic acids is 1. The Kier molecular flexibility index (Phi) is 4.54. The lowest BCUT2D eigenvalue weighted by Gasteiger charge is -2.11. The number of alkyl halides is 3. The van der Waals surface area contributed by atoms with Crippen LogP contribution in [0.2, 0.25) is 0 Å². The Morgan fingerprint density at radius 2 is 1.62 bits per heavy atom. The number of hydrogen-bond donors (Lipinski definition) is 1. The molecule has 1 amide bonds. The van der Waals surface area contributed by atoms with Crippen molar-refractivity contribution in [2.75, 3.05) is 5.32 Å². The molecule has 4 nitrogen and oxygen atoms in total. The summed E-state index contributed by atoms with van der Waals surface area (Å²) in [6, 6.07) is 14.1. The van der Waals surface area contributed by atoms with Crippen molar-refractivity contribution in [1.82, 2.24) is 9.78 Å². The van der Waals surface area contributed by atoms with Crippen molar-refractivity contribution in [2.45, 2.75) is 20.0 Å². The molecule has 1 heterocycles. The van der Waals surface area contributed by atoms with E-state index in [2.05, 4.69) is 10.4 Å². The Morgan fingerprint density at radius 3 is 2.19 bits per heavy atom. The van der Waals surface area contributed by atoms with Crippen molar-refractivity contribution in [3.8, 4) is 5.69 Å². The molecule has 1 N–H and O–H groups in total. The minimum absolute atomic E-state index is 0.263. The van der Waals surface area contributed by atoms with E-state index in [4.69, 9.17) is 0 Å². The van der Waals surface area contributed by atoms with E-state index in [-0.39, 0.29) is 17.3 Å².